The number of carboxylic acid groups (broad SMARTS) is 1. The molecule has 0 radical (unpaired) electrons. The summed E-state index contributed by atoms with van der Waals surface area (Å²) in [5.41, 5.74) is 0.977. The zero-order valence-electron chi connectivity index (χ0n) is 13.6. The lowest BCUT2D eigenvalue weighted by Crippen LogP contribution is -2.38. The molecule has 0 amide bonds. The van der Waals surface area contributed by atoms with Crippen molar-refractivity contribution in [3.63, 3.8) is 0 Å². The molecule has 7 heteroatoms. The summed E-state index contributed by atoms with van der Waals surface area (Å²) in [6.07, 6.45) is 1.63. The maximum atomic E-state index is 11.2. The summed E-state index contributed by atoms with van der Waals surface area (Å²) in [5, 5.41) is 9.22. The van der Waals surface area contributed by atoms with Crippen LogP contribution in [0.2, 0.25) is 0 Å². The van der Waals surface area contributed by atoms with Crippen LogP contribution in [-0.2, 0) is 11.3 Å². The number of benzene rings is 1. The first-order chi connectivity index (χ1) is 11.0. The second-order valence-corrected chi connectivity index (χ2v) is 6.32. The molecule has 1 aliphatic rings. The van der Waals surface area contributed by atoms with E-state index in [1.54, 1.807) is 21.3 Å². The number of piperidine rings is 1. The molecule has 1 aromatic carbocycles. The molecule has 6 nitrogen and oxygen atoms in total. The summed E-state index contributed by atoms with van der Waals surface area (Å²) < 4.78 is 17.0. The van der Waals surface area contributed by atoms with E-state index in [-0.39, 0.29) is 5.92 Å². The standard InChI is InChI=1S/C16H22BrNO5/c1-21-12-7-11(13(17)15(23-3)14(12)22-2)9-18-6-4-5-10(8-18)16(19)20/h7,10H,4-6,8-9H2,1-3H3,(H,19,20). The van der Waals surface area contributed by atoms with E-state index in [0.29, 0.717) is 30.3 Å². The third kappa shape index (κ3) is 3.90. The van der Waals surface area contributed by atoms with Gasteiger partial charge in [0, 0.05) is 13.1 Å². The van der Waals surface area contributed by atoms with Gasteiger partial charge in [-0.05, 0) is 46.9 Å². The van der Waals surface area contributed by atoms with Crippen LogP contribution in [0.3, 0.4) is 0 Å². The maximum absolute atomic E-state index is 11.2. The van der Waals surface area contributed by atoms with Crippen molar-refractivity contribution < 1.29 is 24.1 Å². The smallest absolute Gasteiger partial charge is 0.307 e. The fourth-order valence-corrected chi connectivity index (χ4v) is 3.51. The molecule has 0 aliphatic carbocycles. The van der Waals surface area contributed by atoms with Crippen molar-refractivity contribution in [1.82, 2.24) is 4.90 Å². The molecule has 0 spiro atoms. The Kier molecular flexibility index (Phi) is 6.12. The quantitative estimate of drug-likeness (QED) is 0.809. The molecule has 1 atom stereocenters. The average molecular weight is 388 g/mol. The molecule has 1 aliphatic heterocycles. The summed E-state index contributed by atoms with van der Waals surface area (Å²) in [5.74, 6) is 0.680. The Morgan fingerprint density at radius 1 is 1.30 bits per heavy atom. The van der Waals surface area contributed by atoms with Gasteiger partial charge < -0.3 is 19.3 Å². The third-order valence-electron chi connectivity index (χ3n) is 4.09. The Bertz CT molecular complexity index is 578. The lowest BCUT2D eigenvalue weighted by Gasteiger charge is -2.31. The monoisotopic (exact) mass is 387 g/mol. The van der Waals surface area contributed by atoms with Crippen molar-refractivity contribution in [3.8, 4) is 17.2 Å². The first-order valence-electron chi connectivity index (χ1n) is 7.44. The van der Waals surface area contributed by atoms with Gasteiger partial charge in [-0.15, -0.1) is 0 Å². The number of aliphatic carboxylic acids is 1. The number of nitrogens with zero attached hydrogens (tertiary/aromatic N) is 1. The molecule has 1 N–H and O–H groups in total. The van der Waals surface area contributed by atoms with Gasteiger partial charge >= 0.3 is 5.97 Å². The number of carbonyl (C=O) groups is 1. The van der Waals surface area contributed by atoms with Crippen molar-refractivity contribution >= 4 is 21.9 Å². The Balaban J connectivity index is 2.27. The van der Waals surface area contributed by atoms with Crippen molar-refractivity contribution in [1.29, 1.82) is 0 Å². The molecule has 0 aromatic heterocycles. The van der Waals surface area contributed by atoms with E-state index in [2.05, 4.69) is 20.8 Å². The number of methoxy groups -OCH3 is 3. The number of rotatable bonds is 6. The zero-order chi connectivity index (χ0) is 17.0. The Morgan fingerprint density at radius 2 is 2.00 bits per heavy atom. The number of likely N-dealkylation sites (tertiary alicyclic amines) is 1. The van der Waals surface area contributed by atoms with E-state index in [9.17, 15) is 9.90 Å². The number of halogens is 1. The second kappa shape index (κ2) is 7.88. The van der Waals surface area contributed by atoms with Crippen molar-refractivity contribution in [3.05, 3.63) is 16.1 Å². The lowest BCUT2D eigenvalue weighted by molar-refractivity contribution is -0.143. The number of ether oxygens (including phenoxy) is 3. The summed E-state index contributed by atoms with van der Waals surface area (Å²) in [6.45, 7) is 2.06. The van der Waals surface area contributed by atoms with Gasteiger partial charge in [-0.1, -0.05) is 0 Å². The van der Waals surface area contributed by atoms with Gasteiger partial charge in [-0.25, -0.2) is 0 Å². The summed E-state index contributed by atoms with van der Waals surface area (Å²) in [7, 11) is 4.72. The van der Waals surface area contributed by atoms with E-state index in [0.717, 1.165) is 29.4 Å². The Morgan fingerprint density at radius 3 is 2.57 bits per heavy atom. The zero-order valence-corrected chi connectivity index (χ0v) is 15.2. The highest BCUT2D eigenvalue weighted by Crippen LogP contribution is 2.45. The molecule has 1 heterocycles. The first kappa shape index (κ1) is 17.9. The summed E-state index contributed by atoms with van der Waals surface area (Å²) in [4.78, 5) is 13.4. The average Bonchev–Trinajstić information content (AvgIpc) is 2.56. The molecule has 23 heavy (non-hydrogen) atoms. The molecule has 2 rings (SSSR count). The number of carboxylic acids is 1. The highest BCUT2D eigenvalue weighted by atomic mass is 79.9. The molecular weight excluding hydrogens is 366 g/mol. The minimum Gasteiger partial charge on any atom is -0.493 e. The highest BCUT2D eigenvalue weighted by Gasteiger charge is 2.27. The van der Waals surface area contributed by atoms with Crippen molar-refractivity contribution in [2.75, 3.05) is 34.4 Å². The minimum atomic E-state index is -0.723. The topological polar surface area (TPSA) is 68.2 Å². The van der Waals surface area contributed by atoms with Gasteiger partial charge in [0.05, 0.1) is 31.7 Å². The van der Waals surface area contributed by atoms with Crippen LogP contribution in [-0.4, -0.2) is 50.4 Å². The van der Waals surface area contributed by atoms with Crippen molar-refractivity contribution in [2.24, 2.45) is 5.92 Å². The normalized spacial score (nSPS) is 18.5. The predicted molar refractivity (Wildman–Crippen MR) is 89.4 cm³/mol. The van der Waals surface area contributed by atoms with E-state index >= 15 is 0 Å². The third-order valence-corrected chi connectivity index (χ3v) is 4.96. The number of hydrogen-bond donors (Lipinski definition) is 1. The molecular formula is C16H22BrNO5. The van der Waals surface area contributed by atoms with E-state index in [1.807, 2.05) is 6.07 Å². The summed E-state index contributed by atoms with van der Waals surface area (Å²) >= 11 is 3.56. The fraction of sp³-hybridized carbons (Fsp3) is 0.562. The van der Waals surface area contributed by atoms with Crippen LogP contribution in [0.4, 0.5) is 0 Å². The largest absolute Gasteiger partial charge is 0.493 e. The molecule has 1 unspecified atom stereocenters. The van der Waals surface area contributed by atoms with Gasteiger partial charge in [-0.3, -0.25) is 9.69 Å². The molecule has 1 saturated heterocycles. The van der Waals surface area contributed by atoms with Gasteiger partial charge in [0.2, 0.25) is 5.75 Å². The van der Waals surface area contributed by atoms with Crippen LogP contribution in [0, 0.1) is 5.92 Å². The number of hydrogen-bond acceptors (Lipinski definition) is 5. The van der Waals surface area contributed by atoms with Gasteiger partial charge in [-0.2, -0.15) is 0 Å². The van der Waals surface area contributed by atoms with Crippen LogP contribution in [0.5, 0.6) is 17.2 Å². The van der Waals surface area contributed by atoms with E-state index in [4.69, 9.17) is 14.2 Å². The molecule has 1 aromatic rings. The van der Waals surface area contributed by atoms with Crippen LogP contribution in [0.25, 0.3) is 0 Å². The van der Waals surface area contributed by atoms with E-state index < -0.39 is 5.97 Å². The van der Waals surface area contributed by atoms with E-state index in [1.165, 1.54) is 0 Å². The van der Waals surface area contributed by atoms with Crippen molar-refractivity contribution in [2.45, 2.75) is 19.4 Å². The van der Waals surface area contributed by atoms with Crippen LogP contribution >= 0.6 is 15.9 Å². The van der Waals surface area contributed by atoms with Crippen LogP contribution in [0.15, 0.2) is 10.5 Å². The molecule has 0 bridgehead atoms. The van der Waals surface area contributed by atoms with Gasteiger partial charge in [0.1, 0.15) is 0 Å². The Hall–Kier alpha value is -1.47. The maximum Gasteiger partial charge on any atom is 0.307 e. The van der Waals surface area contributed by atoms with Crippen LogP contribution in [0.1, 0.15) is 18.4 Å². The van der Waals surface area contributed by atoms with Gasteiger partial charge in [0.15, 0.2) is 11.5 Å². The molecule has 128 valence electrons. The fourth-order valence-electron chi connectivity index (χ4n) is 2.93. The molecule has 1 fully saturated rings. The Labute approximate surface area is 144 Å². The van der Waals surface area contributed by atoms with Gasteiger partial charge in [0.25, 0.3) is 0 Å². The van der Waals surface area contributed by atoms with Crippen LogP contribution < -0.4 is 14.2 Å². The SMILES string of the molecule is COc1cc(CN2CCCC(C(=O)O)C2)c(Br)c(OC)c1OC. The first-order valence-corrected chi connectivity index (χ1v) is 8.23. The second-order valence-electron chi connectivity index (χ2n) is 5.53. The highest BCUT2D eigenvalue weighted by molar-refractivity contribution is 9.10. The summed E-state index contributed by atoms with van der Waals surface area (Å²) in [6, 6.07) is 1.90. The molecule has 0 saturated carbocycles. The lowest BCUT2D eigenvalue weighted by atomic mass is 9.98. The predicted octanol–water partition coefficient (Wildman–Crippen LogP) is 2.77. The minimum absolute atomic E-state index is 0.301.